The number of nitrogens with zero attached hydrogens (tertiary/aromatic N) is 3. The SMILES string of the molecule is C=CC(=O)NCCCCOc1cc(CN=NCc2ccccc2)cc(OCCCCNC(=O)C=C)c1-c1ccc([N+](=O)[O-])cc1. The number of unbranched alkanes of at least 4 members (excludes halogenated alkanes) is 2. The number of rotatable bonds is 20. The van der Waals surface area contributed by atoms with Gasteiger partial charge in [0.15, 0.2) is 0 Å². The van der Waals surface area contributed by atoms with E-state index in [1.54, 1.807) is 12.1 Å². The number of nitrogens with one attached hydrogen (secondary N) is 2. The van der Waals surface area contributed by atoms with E-state index in [0.29, 0.717) is 87.7 Å². The van der Waals surface area contributed by atoms with Gasteiger partial charge < -0.3 is 20.1 Å². The van der Waals surface area contributed by atoms with E-state index in [1.807, 2.05) is 42.5 Å². The van der Waals surface area contributed by atoms with Crippen LogP contribution in [-0.4, -0.2) is 43.0 Å². The summed E-state index contributed by atoms with van der Waals surface area (Å²) < 4.78 is 12.5. The highest BCUT2D eigenvalue weighted by Crippen LogP contribution is 2.41. The van der Waals surface area contributed by atoms with Crippen LogP contribution < -0.4 is 20.1 Å². The normalized spacial score (nSPS) is 10.7. The lowest BCUT2D eigenvalue weighted by Gasteiger charge is -2.18. The second-order valence-electron chi connectivity index (χ2n) is 9.96. The monoisotopic (exact) mass is 613 g/mol. The minimum atomic E-state index is -0.446. The third-order valence-electron chi connectivity index (χ3n) is 6.57. The average molecular weight is 614 g/mol. The van der Waals surface area contributed by atoms with Crippen LogP contribution in [0.25, 0.3) is 11.1 Å². The second-order valence-corrected chi connectivity index (χ2v) is 9.96. The fourth-order valence-corrected chi connectivity index (χ4v) is 4.23. The Labute approximate surface area is 263 Å². The Morgan fingerprint density at radius 3 is 1.76 bits per heavy atom. The van der Waals surface area contributed by atoms with Gasteiger partial charge in [-0.15, -0.1) is 0 Å². The molecule has 3 rings (SSSR count). The van der Waals surface area contributed by atoms with Gasteiger partial charge >= 0.3 is 0 Å². The van der Waals surface area contributed by atoms with Crippen LogP contribution in [0.5, 0.6) is 11.5 Å². The van der Waals surface area contributed by atoms with Gasteiger partial charge in [-0.25, -0.2) is 0 Å². The number of carbonyl (C=O) groups excluding carboxylic acids is 2. The Kier molecular flexibility index (Phi) is 14.5. The summed E-state index contributed by atoms with van der Waals surface area (Å²) in [5.41, 5.74) is 3.20. The number of ether oxygens (including phenoxy) is 2. The van der Waals surface area contributed by atoms with Crippen molar-refractivity contribution in [3.05, 3.63) is 113 Å². The van der Waals surface area contributed by atoms with Crippen molar-refractivity contribution in [2.45, 2.75) is 38.8 Å². The molecule has 45 heavy (non-hydrogen) atoms. The molecule has 0 aromatic heterocycles. The van der Waals surface area contributed by atoms with Crippen LogP contribution in [0.4, 0.5) is 5.69 Å². The molecule has 236 valence electrons. The van der Waals surface area contributed by atoms with Crippen LogP contribution in [0, 0.1) is 10.1 Å². The molecule has 0 heterocycles. The molecule has 0 spiro atoms. The quantitative estimate of drug-likeness (QED) is 0.0500. The summed E-state index contributed by atoms with van der Waals surface area (Å²) in [6, 6.07) is 19.8. The molecule has 0 atom stereocenters. The Morgan fingerprint density at radius 2 is 1.27 bits per heavy atom. The first-order valence-corrected chi connectivity index (χ1v) is 14.8. The van der Waals surface area contributed by atoms with E-state index in [0.717, 1.165) is 11.1 Å². The third-order valence-corrected chi connectivity index (χ3v) is 6.57. The lowest BCUT2D eigenvalue weighted by atomic mass is 10.0. The number of azo groups is 1. The van der Waals surface area contributed by atoms with E-state index in [2.05, 4.69) is 34.0 Å². The summed E-state index contributed by atoms with van der Waals surface area (Å²) in [5, 5.41) is 25.5. The Balaban J connectivity index is 1.84. The van der Waals surface area contributed by atoms with Gasteiger partial charge in [0.25, 0.3) is 5.69 Å². The van der Waals surface area contributed by atoms with E-state index in [-0.39, 0.29) is 17.5 Å². The molecule has 0 aliphatic rings. The van der Waals surface area contributed by atoms with Crippen molar-refractivity contribution in [2.24, 2.45) is 10.2 Å². The molecule has 2 N–H and O–H groups in total. The first kappa shape index (κ1) is 34.2. The molecule has 11 nitrogen and oxygen atoms in total. The number of nitro benzene ring substituents is 1. The zero-order chi connectivity index (χ0) is 32.3. The van der Waals surface area contributed by atoms with E-state index >= 15 is 0 Å². The molecule has 0 unspecified atom stereocenters. The van der Waals surface area contributed by atoms with Gasteiger partial charge in [-0.1, -0.05) is 43.5 Å². The second kappa shape index (κ2) is 19.1. The standard InChI is InChI=1S/C34H39N5O6/c1-3-32(40)35-18-8-10-20-44-30-22-27(25-38-37-24-26-12-6-5-7-13-26)23-31(45-21-11-9-19-36-33(41)4-2)34(30)28-14-16-29(17-15-28)39(42)43/h3-7,12-17,22-23H,1-2,8-11,18-21,24-25H2,(H,35,40)(H,36,41). The van der Waals surface area contributed by atoms with Gasteiger partial charge in [0, 0.05) is 25.2 Å². The van der Waals surface area contributed by atoms with Crippen LogP contribution in [0.2, 0.25) is 0 Å². The molecule has 0 saturated heterocycles. The zero-order valence-corrected chi connectivity index (χ0v) is 25.3. The third kappa shape index (κ3) is 12.1. The highest BCUT2D eigenvalue weighted by Gasteiger charge is 2.18. The molecule has 0 fully saturated rings. The largest absolute Gasteiger partial charge is 0.493 e. The van der Waals surface area contributed by atoms with E-state index in [1.165, 1.54) is 24.3 Å². The summed E-state index contributed by atoms with van der Waals surface area (Å²) in [7, 11) is 0. The molecule has 0 saturated carbocycles. The predicted molar refractivity (Wildman–Crippen MR) is 173 cm³/mol. The van der Waals surface area contributed by atoms with Gasteiger partial charge in [0.2, 0.25) is 11.8 Å². The summed E-state index contributed by atoms with van der Waals surface area (Å²) in [4.78, 5) is 33.7. The Bertz CT molecular complexity index is 1400. The number of carbonyl (C=O) groups is 2. The predicted octanol–water partition coefficient (Wildman–Crippen LogP) is 6.34. The average Bonchev–Trinajstić information content (AvgIpc) is 3.06. The number of non-ortho nitro benzene ring substituents is 1. The highest BCUT2D eigenvalue weighted by atomic mass is 16.6. The molecule has 0 radical (unpaired) electrons. The van der Waals surface area contributed by atoms with Gasteiger partial charge in [0.1, 0.15) is 11.5 Å². The molecule has 3 aromatic carbocycles. The number of nitro groups is 1. The number of benzene rings is 3. The van der Waals surface area contributed by atoms with Crippen molar-refractivity contribution in [3.8, 4) is 22.6 Å². The van der Waals surface area contributed by atoms with Crippen LogP contribution in [0.3, 0.4) is 0 Å². The summed E-state index contributed by atoms with van der Waals surface area (Å²) >= 11 is 0. The Morgan fingerprint density at radius 1 is 0.756 bits per heavy atom. The van der Waals surface area contributed by atoms with Crippen molar-refractivity contribution < 1.29 is 24.0 Å². The molecule has 0 aliphatic carbocycles. The fraction of sp³-hybridized carbons (Fsp3) is 0.294. The lowest BCUT2D eigenvalue weighted by molar-refractivity contribution is -0.384. The minimum Gasteiger partial charge on any atom is -0.493 e. The van der Waals surface area contributed by atoms with Gasteiger partial charge in [-0.2, -0.15) is 10.2 Å². The van der Waals surface area contributed by atoms with Crippen LogP contribution in [0.15, 0.2) is 102 Å². The van der Waals surface area contributed by atoms with Crippen LogP contribution in [0.1, 0.15) is 36.8 Å². The summed E-state index contributed by atoms with van der Waals surface area (Å²) in [6.45, 7) is 9.38. The van der Waals surface area contributed by atoms with Crippen LogP contribution in [-0.2, 0) is 22.7 Å². The minimum absolute atomic E-state index is 0.0257. The molecular weight excluding hydrogens is 574 g/mol. The number of hydrogen-bond acceptors (Lipinski definition) is 8. The topological polar surface area (TPSA) is 145 Å². The molecular formula is C34H39N5O6. The molecule has 0 bridgehead atoms. The van der Waals surface area contributed by atoms with E-state index in [9.17, 15) is 19.7 Å². The van der Waals surface area contributed by atoms with Crippen molar-refractivity contribution >= 4 is 17.5 Å². The summed E-state index contributed by atoms with van der Waals surface area (Å²) in [6.07, 6.45) is 5.20. The van der Waals surface area contributed by atoms with Gasteiger partial charge in [0.05, 0.1) is 36.8 Å². The smallest absolute Gasteiger partial charge is 0.269 e. The van der Waals surface area contributed by atoms with E-state index in [4.69, 9.17) is 9.47 Å². The fourth-order valence-electron chi connectivity index (χ4n) is 4.23. The van der Waals surface area contributed by atoms with Crippen molar-refractivity contribution in [3.63, 3.8) is 0 Å². The van der Waals surface area contributed by atoms with Crippen LogP contribution >= 0.6 is 0 Å². The van der Waals surface area contributed by atoms with Crippen molar-refractivity contribution in [2.75, 3.05) is 26.3 Å². The molecule has 3 aromatic rings. The maximum atomic E-state index is 11.4. The maximum Gasteiger partial charge on any atom is 0.269 e. The maximum absolute atomic E-state index is 11.4. The first-order chi connectivity index (χ1) is 21.9. The highest BCUT2D eigenvalue weighted by molar-refractivity contribution is 5.87. The number of amides is 2. The lowest BCUT2D eigenvalue weighted by Crippen LogP contribution is -2.22. The number of hydrogen-bond donors (Lipinski definition) is 2. The Hall–Kier alpha value is -5.32. The zero-order valence-electron chi connectivity index (χ0n) is 25.3. The van der Waals surface area contributed by atoms with Gasteiger partial charge in [-0.3, -0.25) is 19.7 Å². The summed E-state index contributed by atoms with van der Waals surface area (Å²) in [5.74, 6) is 0.636. The van der Waals surface area contributed by atoms with Gasteiger partial charge in [-0.05, 0) is 78.8 Å². The molecule has 11 heteroatoms. The van der Waals surface area contributed by atoms with Crippen molar-refractivity contribution in [1.82, 2.24) is 10.6 Å². The molecule has 2 amide bonds. The van der Waals surface area contributed by atoms with Crippen molar-refractivity contribution in [1.29, 1.82) is 0 Å². The van der Waals surface area contributed by atoms with E-state index < -0.39 is 4.92 Å². The first-order valence-electron chi connectivity index (χ1n) is 14.8. The molecule has 0 aliphatic heterocycles.